The molecule has 1 aliphatic rings. The van der Waals surface area contributed by atoms with Gasteiger partial charge in [0, 0.05) is 37.6 Å². The summed E-state index contributed by atoms with van der Waals surface area (Å²) in [5.41, 5.74) is 1.55. The molecule has 0 aromatic heterocycles. The van der Waals surface area contributed by atoms with Crippen molar-refractivity contribution in [1.82, 2.24) is 0 Å². The van der Waals surface area contributed by atoms with E-state index in [1.165, 1.54) is 26.4 Å². The molecule has 1 N–H and O–H groups in total. The van der Waals surface area contributed by atoms with Crippen molar-refractivity contribution in [2.24, 2.45) is 0 Å². The van der Waals surface area contributed by atoms with Gasteiger partial charge in [-0.1, -0.05) is 0 Å². The van der Waals surface area contributed by atoms with Crippen molar-refractivity contribution >= 4 is 21.4 Å². The van der Waals surface area contributed by atoms with E-state index >= 15 is 0 Å². The number of hydrogen-bond acceptors (Lipinski definition) is 6. The summed E-state index contributed by atoms with van der Waals surface area (Å²) < 4.78 is 43.8. The summed E-state index contributed by atoms with van der Waals surface area (Å²) >= 11 is 0. The molecule has 0 spiro atoms. The van der Waals surface area contributed by atoms with Crippen LogP contribution in [0.3, 0.4) is 0 Å². The van der Waals surface area contributed by atoms with Gasteiger partial charge in [-0.3, -0.25) is 4.72 Å². The summed E-state index contributed by atoms with van der Waals surface area (Å²) in [6, 6.07) is 11.9. The zero-order chi connectivity index (χ0) is 20.1. The van der Waals surface area contributed by atoms with Crippen LogP contribution < -0.4 is 19.1 Å². The molecular weight excluding hydrogens is 380 g/mol. The third-order valence-electron chi connectivity index (χ3n) is 4.86. The average molecular weight is 407 g/mol. The molecule has 0 bridgehead atoms. The highest BCUT2D eigenvalue weighted by molar-refractivity contribution is 7.92. The first-order valence-electron chi connectivity index (χ1n) is 9.09. The van der Waals surface area contributed by atoms with Crippen LogP contribution >= 0.6 is 0 Å². The zero-order valence-electron chi connectivity index (χ0n) is 16.3. The van der Waals surface area contributed by atoms with E-state index < -0.39 is 10.0 Å². The Hall–Kier alpha value is -2.45. The van der Waals surface area contributed by atoms with Crippen LogP contribution in [0.2, 0.25) is 0 Å². The summed E-state index contributed by atoms with van der Waals surface area (Å²) in [5, 5.41) is 0. The van der Waals surface area contributed by atoms with Crippen LogP contribution in [0.1, 0.15) is 12.8 Å². The molecule has 7 nitrogen and oxygen atoms in total. The van der Waals surface area contributed by atoms with Gasteiger partial charge in [-0.15, -0.1) is 0 Å². The number of methoxy groups -OCH3 is 3. The van der Waals surface area contributed by atoms with Crippen LogP contribution in [-0.2, 0) is 14.8 Å². The normalized spacial score (nSPS) is 17.2. The summed E-state index contributed by atoms with van der Waals surface area (Å²) in [7, 11) is 0.966. The van der Waals surface area contributed by atoms with E-state index in [0.29, 0.717) is 17.2 Å². The highest BCUT2D eigenvalue weighted by atomic mass is 32.2. The van der Waals surface area contributed by atoms with Crippen molar-refractivity contribution in [3.8, 4) is 11.5 Å². The molecular formula is C20H26N2O5S. The van der Waals surface area contributed by atoms with Crippen molar-refractivity contribution in [2.75, 3.05) is 44.0 Å². The predicted octanol–water partition coefficient (Wildman–Crippen LogP) is 3.12. The highest BCUT2D eigenvalue weighted by Crippen LogP contribution is 2.30. The first kappa shape index (κ1) is 20.3. The predicted molar refractivity (Wildman–Crippen MR) is 109 cm³/mol. The second-order valence-corrected chi connectivity index (χ2v) is 8.30. The van der Waals surface area contributed by atoms with Gasteiger partial charge in [0.1, 0.15) is 0 Å². The minimum atomic E-state index is -3.74. The molecule has 0 amide bonds. The highest BCUT2D eigenvalue weighted by Gasteiger charge is 2.20. The van der Waals surface area contributed by atoms with Crippen LogP contribution in [-0.4, -0.2) is 48.9 Å². The molecule has 1 saturated heterocycles. The van der Waals surface area contributed by atoms with Crippen molar-refractivity contribution in [2.45, 2.75) is 23.8 Å². The van der Waals surface area contributed by atoms with Crippen LogP contribution in [0.5, 0.6) is 11.5 Å². The Balaban J connectivity index is 1.74. The van der Waals surface area contributed by atoms with Gasteiger partial charge in [0.2, 0.25) is 0 Å². The van der Waals surface area contributed by atoms with E-state index in [0.717, 1.165) is 31.6 Å². The van der Waals surface area contributed by atoms with Crippen LogP contribution in [0.15, 0.2) is 47.4 Å². The number of rotatable bonds is 7. The van der Waals surface area contributed by atoms with Gasteiger partial charge in [-0.05, 0) is 49.2 Å². The van der Waals surface area contributed by atoms with Gasteiger partial charge in [0.05, 0.1) is 25.2 Å². The fraction of sp³-hybridized carbons (Fsp3) is 0.400. The van der Waals surface area contributed by atoms with Crippen LogP contribution in [0, 0.1) is 0 Å². The quantitative estimate of drug-likeness (QED) is 0.761. The van der Waals surface area contributed by atoms with Gasteiger partial charge < -0.3 is 19.1 Å². The molecule has 0 radical (unpaired) electrons. The number of anilines is 2. The van der Waals surface area contributed by atoms with E-state index in [1.807, 2.05) is 12.1 Å². The summed E-state index contributed by atoms with van der Waals surface area (Å²) in [6.07, 6.45) is 2.37. The first-order chi connectivity index (χ1) is 13.5. The molecule has 8 heteroatoms. The molecule has 28 heavy (non-hydrogen) atoms. The Kier molecular flexibility index (Phi) is 6.31. The number of hydrogen-bond donors (Lipinski definition) is 1. The molecule has 152 valence electrons. The summed E-state index contributed by atoms with van der Waals surface area (Å²) in [5.74, 6) is 0.834. The molecule has 1 heterocycles. The molecule has 0 aliphatic carbocycles. The van der Waals surface area contributed by atoms with Gasteiger partial charge >= 0.3 is 0 Å². The lowest BCUT2D eigenvalue weighted by atomic mass is 10.1. The number of benzene rings is 2. The fourth-order valence-corrected chi connectivity index (χ4v) is 4.38. The van der Waals surface area contributed by atoms with E-state index in [-0.39, 0.29) is 11.0 Å². The number of nitrogens with one attached hydrogen (secondary N) is 1. The monoisotopic (exact) mass is 406 g/mol. The lowest BCUT2D eigenvalue weighted by molar-refractivity contribution is 0.0893. The second kappa shape index (κ2) is 8.70. The summed E-state index contributed by atoms with van der Waals surface area (Å²) in [6.45, 7) is 1.81. The van der Waals surface area contributed by atoms with Crippen molar-refractivity contribution in [3.05, 3.63) is 42.5 Å². The Morgan fingerprint density at radius 3 is 2.36 bits per heavy atom. The third-order valence-corrected chi connectivity index (χ3v) is 6.24. The number of nitrogens with zero attached hydrogens (tertiary/aromatic N) is 1. The second-order valence-electron chi connectivity index (χ2n) is 6.62. The van der Waals surface area contributed by atoms with Crippen molar-refractivity contribution < 1.29 is 22.6 Å². The molecule has 1 atom stereocenters. The molecule has 0 saturated carbocycles. The SMILES string of the molecule is COc1ccc(S(=O)(=O)Nc2ccc(N3CCCC(OC)C3)cc2)cc1OC. The standard InChI is InChI=1S/C20H26N2O5S/c1-25-17-5-4-12-22(14-17)16-8-6-15(7-9-16)21-28(23,24)18-10-11-19(26-2)20(13-18)27-3/h6-11,13,17,21H,4-5,12,14H2,1-3H3. The largest absolute Gasteiger partial charge is 0.493 e. The summed E-state index contributed by atoms with van der Waals surface area (Å²) in [4.78, 5) is 2.36. The molecule has 2 aromatic carbocycles. The number of ether oxygens (including phenoxy) is 3. The Morgan fingerprint density at radius 1 is 1.00 bits per heavy atom. The van der Waals surface area contributed by atoms with Gasteiger partial charge in [-0.2, -0.15) is 0 Å². The van der Waals surface area contributed by atoms with Gasteiger partial charge in [0.15, 0.2) is 11.5 Å². The minimum absolute atomic E-state index is 0.105. The molecule has 3 rings (SSSR count). The van der Waals surface area contributed by atoms with Crippen molar-refractivity contribution in [3.63, 3.8) is 0 Å². The van der Waals surface area contributed by atoms with E-state index in [4.69, 9.17) is 14.2 Å². The lowest BCUT2D eigenvalue weighted by Gasteiger charge is -2.33. The maximum Gasteiger partial charge on any atom is 0.262 e. The zero-order valence-corrected chi connectivity index (χ0v) is 17.2. The lowest BCUT2D eigenvalue weighted by Crippen LogP contribution is -2.39. The molecule has 1 aliphatic heterocycles. The molecule has 1 fully saturated rings. The Bertz CT molecular complexity index is 899. The maximum atomic E-state index is 12.7. The number of piperidine rings is 1. The Morgan fingerprint density at radius 2 is 1.71 bits per heavy atom. The minimum Gasteiger partial charge on any atom is -0.493 e. The van der Waals surface area contributed by atoms with Gasteiger partial charge in [0.25, 0.3) is 10.0 Å². The number of sulfonamides is 1. The van der Waals surface area contributed by atoms with Crippen molar-refractivity contribution in [1.29, 1.82) is 0 Å². The van der Waals surface area contributed by atoms with E-state index in [2.05, 4.69) is 9.62 Å². The van der Waals surface area contributed by atoms with Gasteiger partial charge in [-0.25, -0.2) is 8.42 Å². The van der Waals surface area contributed by atoms with E-state index in [1.54, 1.807) is 25.3 Å². The Labute approximate surface area is 166 Å². The van der Waals surface area contributed by atoms with E-state index in [9.17, 15) is 8.42 Å². The third kappa shape index (κ3) is 4.51. The first-order valence-corrected chi connectivity index (χ1v) is 10.6. The molecule has 1 unspecified atom stereocenters. The molecule has 2 aromatic rings. The fourth-order valence-electron chi connectivity index (χ4n) is 3.30. The smallest absolute Gasteiger partial charge is 0.262 e. The van der Waals surface area contributed by atoms with Crippen LogP contribution in [0.4, 0.5) is 11.4 Å². The maximum absolute atomic E-state index is 12.7. The average Bonchev–Trinajstić information content (AvgIpc) is 2.73. The van der Waals surface area contributed by atoms with Crippen LogP contribution in [0.25, 0.3) is 0 Å². The topological polar surface area (TPSA) is 77.1 Å².